The first-order valence-electron chi connectivity index (χ1n) is 6.24. The zero-order valence-corrected chi connectivity index (χ0v) is 13.0. The second-order valence-corrected chi connectivity index (χ2v) is 6.09. The molecule has 2 rings (SSSR count). The Morgan fingerprint density at radius 3 is 2.74 bits per heavy atom. The van der Waals surface area contributed by atoms with E-state index in [4.69, 9.17) is 11.6 Å². The summed E-state index contributed by atoms with van der Waals surface area (Å²) in [5.41, 5.74) is 2.06. The maximum atomic E-state index is 6.24. The summed E-state index contributed by atoms with van der Waals surface area (Å²) in [5.74, 6) is 0. The van der Waals surface area contributed by atoms with Gasteiger partial charge >= 0.3 is 0 Å². The van der Waals surface area contributed by atoms with Gasteiger partial charge in [0.1, 0.15) is 0 Å². The van der Waals surface area contributed by atoms with E-state index in [2.05, 4.69) is 17.2 Å². The predicted molar refractivity (Wildman–Crippen MR) is 84.6 cm³/mol. The fraction of sp³-hybridized carbons (Fsp3) is 0.357. The molecule has 0 aliphatic carbocycles. The molecule has 5 heteroatoms. The third-order valence-electron chi connectivity index (χ3n) is 2.80. The average Bonchev–Trinajstić information content (AvgIpc) is 2.84. The second kappa shape index (κ2) is 6.26. The van der Waals surface area contributed by atoms with Crippen molar-refractivity contribution in [2.75, 3.05) is 24.3 Å². The molecule has 1 heterocycles. The summed E-state index contributed by atoms with van der Waals surface area (Å²) in [6.07, 6.45) is 2.93. The maximum Gasteiger partial charge on any atom is 0.0925 e. The number of hydrogen-bond donors (Lipinski definition) is 1. The highest BCUT2D eigenvalue weighted by atomic mass is 35.5. The van der Waals surface area contributed by atoms with Gasteiger partial charge in [-0.3, -0.25) is 0 Å². The Morgan fingerprint density at radius 1 is 1.37 bits per heavy atom. The molecule has 0 saturated heterocycles. The Morgan fingerprint density at radius 2 is 2.16 bits per heavy atom. The van der Waals surface area contributed by atoms with Crippen molar-refractivity contribution in [3.05, 3.63) is 39.3 Å². The van der Waals surface area contributed by atoms with E-state index in [1.165, 1.54) is 9.88 Å². The number of nitrogens with one attached hydrogen (secondary N) is 1. The van der Waals surface area contributed by atoms with Crippen LogP contribution in [0.1, 0.15) is 16.8 Å². The van der Waals surface area contributed by atoms with Crippen LogP contribution in [0.4, 0.5) is 11.4 Å². The molecule has 0 aliphatic heterocycles. The quantitative estimate of drug-likeness (QED) is 0.902. The Kier molecular flexibility index (Phi) is 4.66. The van der Waals surface area contributed by atoms with Crippen LogP contribution in [0.2, 0.25) is 5.02 Å². The smallest absolute Gasteiger partial charge is 0.0925 e. The van der Waals surface area contributed by atoms with Gasteiger partial charge in [0.2, 0.25) is 0 Å². The van der Waals surface area contributed by atoms with Crippen LogP contribution in [-0.2, 0) is 13.0 Å². The fourth-order valence-electron chi connectivity index (χ4n) is 1.76. The number of aromatic nitrogens is 1. The van der Waals surface area contributed by atoms with E-state index in [9.17, 15) is 0 Å². The van der Waals surface area contributed by atoms with Gasteiger partial charge in [0, 0.05) is 30.9 Å². The molecule has 0 fully saturated rings. The van der Waals surface area contributed by atoms with Gasteiger partial charge in [-0.25, -0.2) is 4.98 Å². The topological polar surface area (TPSA) is 28.2 Å². The number of rotatable bonds is 5. The number of aryl methyl sites for hydroxylation is 1. The third-order valence-corrected chi connectivity index (χ3v) is 4.24. The van der Waals surface area contributed by atoms with Crippen LogP contribution in [0, 0.1) is 0 Å². The molecule has 0 aliphatic rings. The minimum atomic E-state index is 0.758. The maximum absolute atomic E-state index is 6.24. The molecule has 1 aromatic heterocycles. The van der Waals surface area contributed by atoms with Gasteiger partial charge in [-0.1, -0.05) is 18.5 Å². The van der Waals surface area contributed by atoms with E-state index >= 15 is 0 Å². The van der Waals surface area contributed by atoms with Crippen molar-refractivity contribution in [1.82, 2.24) is 4.98 Å². The van der Waals surface area contributed by atoms with E-state index < -0.39 is 0 Å². The Labute approximate surface area is 123 Å². The van der Waals surface area contributed by atoms with Crippen molar-refractivity contribution >= 4 is 34.3 Å². The molecule has 2 aromatic rings. The fourth-order valence-corrected chi connectivity index (χ4v) is 2.91. The minimum absolute atomic E-state index is 0.758. The average molecular weight is 296 g/mol. The summed E-state index contributed by atoms with van der Waals surface area (Å²) in [7, 11) is 3.97. The Balaban J connectivity index is 2.01. The van der Waals surface area contributed by atoms with Gasteiger partial charge in [-0.05, 0) is 24.6 Å². The number of benzene rings is 1. The highest BCUT2D eigenvalue weighted by molar-refractivity contribution is 7.11. The number of anilines is 2. The van der Waals surface area contributed by atoms with Gasteiger partial charge in [0.05, 0.1) is 22.3 Å². The lowest BCUT2D eigenvalue weighted by molar-refractivity contribution is 1.09. The third kappa shape index (κ3) is 3.61. The largest absolute Gasteiger partial charge is 0.380 e. The Hall–Kier alpha value is -1.26. The summed E-state index contributed by atoms with van der Waals surface area (Å²) in [6, 6.07) is 6.02. The highest BCUT2D eigenvalue weighted by Crippen LogP contribution is 2.27. The van der Waals surface area contributed by atoms with E-state index in [1.54, 1.807) is 11.3 Å². The van der Waals surface area contributed by atoms with Gasteiger partial charge in [-0.15, -0.1) is 11.3 Å². The van der Waals surface area contributed by atoms with Crippen molar-refractivity contribution in [3.63, 3.8) is 0 Å². The van der Waals surface area contributed by atoms with Crippen LogP contribution in [0.15, 0.2) is 24.4 Å². The van der Waals surface area contributed by atoms with E-state index in [0.717, 1.165) is 29.4 Å². The van der Waals surface area contributed by atoms with Crippen LogP contribution in [0.5, 0.6) is 0 Å². The van der Waals surface area contributed by atoms with Crippen molar-refractivity contribution in [2.24, 2.45) is 0 Å². The highest BCUT2D eigenvalue weighted by Gasteiger charge is 2.04. The number of thiazole rings is 1. The first kappa shape index (κ1) is 14.2. The molecule has 3 nitrogen and oxygen atoms in total. The van der Waals surface area contributed by atoms with Crippen molar-refractivity contribution in [2.45, 2.75) is 19.9 Å². The van der Waals surface area contributed by atoms with Crippen LogP contribution >= 0.6 is 22.9 Å². The molecular formula is C14H18ClN3S. The lowest BCUT2D eigenvalue weighted by Crippen LogP contribution is -2.09. The van der Waals surface area contributed by atoms with Gasteiger partial charge in [-0.2, -0.15) is 0 Å². The molecule has 0 bridgehead atoms. The summed E-state index contributed by atoms with van der Waals surface area (Å²) in [4.78, 5) is 7.59. The van der Waals surface area contributed by atoms with Gasteiger partial charge < -0.3 is 10.2 Å². The van der Waals surface area contributed by atoms with Crippen molar-refractivity contribution < 1.29 is 0 Å². The number of hydrogen-bond acceptors (Lipinski definition) is 4. The lowest BCUT2D eigenvalue weighted by atomic mass is 10.2. The monoisotopic (exact) mass is 295 g/mol. The molecule has 102 valence electrons. The molecule has 0 spiro atoms. The van der Waals surface area contributed by atoms with Crippen LogP contribution in [0.3, 0.4) is 0 Å². The van der Waals surface area contributed by atoms with Crippen molar-refractivity contribution in [3.8, 4) is 0 Å². The van der Waals surface area contributed by atoms with Crippen molar-refractivity contribution in [1.29, 1.82) is 0 Å². The lowest BCUT2D eigenvalue weighted by Gasteiger charge is -2.15. The predicted octanol–water partition coefficient (Wildman–Crippen LogP) is 4.04. The molecule has 0 saturated carbocycles. The van der Waals surface area contributed by atoms with Crippen LogP contribution in [0.25, 0.3) is 0 Å². The normalized spacial score (nSPS) is 10.5. The number of nitrogens with zero attached hydrogens (tertiary/aromatic N) is 2. The van der Waals surface area contributed by atoms with Crippen LogP contribution in [-0.4, -0.2) is 19.1 Å². The SMILES string of the molecule is CCc1ncc(CNc2ccc(N(C)C)c(Cl)c2)s1. The molecule has 1 N–H and O–H groups in total. The minimum Gasteiger partial charge on any atom is -0.380 e. The summed E-state index contributed by atoms with van der Waals surface area (Å²) < 4.78 is 0. The summed E-state index contributed by atoms with van der Waals surface area (Å²) in [5, 5.41) is 5.31. The number of halogens is 1. The van der Waals surface area contributed by atoms with E-state index in [0.29, 0.717) is 0 Å². The molecule has 0 unspecified atom stereocenters. The molecule has 0 atom stereocenters. The first-order chi connectivity index (χ1) is 9.10. The molecule has 0 radical (unpaired) electrons. The van der Waals surface area contributed by atoms with Gasteiger partial charge in [0.25, 0.3) is 0 Å². The molecule has 19 heavy (non-hydrogen) atoms. The molecular weight excluding hydrogens is 278 g/mol. The first-order valence-corrected chi connectivity index (χ1v) is 7.44. The van der Waals surface area contributed by atoms with E-state index in [1.807, 2.05) is 43.4 Å². The zero-order chi connectivity index (χ0) is 13.8. The Bertz CT molecular complexity index is 551. The summed E-state index contributed by atoms with van der Waals surface area (Å²) >= 11 is 7.99. The zero-order valence-electron chi connectivity index (χ0n) is 11.4. The second-order valence-electron chi connectivity index (χ2n) is 4.49. The van der Waals surface area contributed by atoms with Gasteiger partial charge in [0.15, 0.2) is 0 Å². The van der Waals surface area contributed by atoms with E-state index in [-0.39, 0.29) is 0 Å². The molecule has 0 amide bonds. The van der Waals surface area contributed by atoms with Crippen LogP contribution < -0.4 is 10.2 Å². The standard InChI is InChI=1S/C14H18ClN3S/c1-4-14-17-9-11(19-14)8-16-10-5-6-13(18(2)3)12(15)7-10/h5-7,9,16H,4,8H2,1-3H3. The molecule has 1 aromatic carbocycles. The summed E-state index contributed by atoms with van der Waals surface area (Å²) in [6.45, 7) is 2.91.